The van der Waals surface area contributed by atoms with Crippen LogP contribution in [0, 0.1) is 0 Å². The predicted molar refractivity (Wildman–Crippen MR) is 61.8 cm³/mol. The second-order valence-electron chi connectivity index (χ2n) is 3.79. The highest BCUT2D eigenvalue weighted by Gasteiger charge is 2.02. The van der Waals surface area contributed by atoms with E-state index in [0.717, 1.165) is 24.6 Å². The summed E-state index contributed by atoms with van der Waals surface area (Å²) in [6.45, 7) is 3.56. The molecule has 0 radical (unpaired) electrons. The summed E-state index contributed by atoms with van der Waals surface area (Å²) in [5, 5.41) is 3.31. The quantitative estimate of drug-likeness (QED) is 0.834. The lowest BCUT2D eigenvalue weighted by Crippen LogP contribution is -2.14. The monoisotopic (exact) mass is 219 g/mol. The van der Waals surface area contributed by atoms with Gasteiger partial charge in [0, 0.05) is 31.9 Å². The molecule has 2 aromatic heterocycles. The highest BCUT2D eigenvalue weighted by atomic mass is 16.4. The van der Waals surface area contributed by atoms with Gasteiger partial charge in [0.25, 0.3) is 0 Å². The summed E-state index contributed by atoms with van der Waals surface area (Å²) in [5.41, 5.74) is 1.25. The molecule has 2 rings (SSSR count). The van der Waals surface area contributed by atoms with Crippen molar-refractivity contribution in [1.82, 2.24) is 14.9 Å². The molecule has 2 heterocycles. The molecule has 0 saturated carbocycles. The predicted octanol–water partition coefficient (Wildman–Crippen LogP) is 1.87. The Morgan fingerprint density at radius 2 is 2.31 bits per heavy atom. The second-order valence-corrected chi connectivity index (χ2v) is 3.79. The molecule has 0 aliphatic heterocycles. The number of hydrogen-bond acceptors (Lipinski definition) is 3. The van der Waals surface area contributed by atoms with Gasteiger partial charge in [-0.1, -0.05) is 6.92 Å². The van der Waals surface area contributed by atoms with E-state index in [0.29, 0.717) is 6.54 Å². The topological polar surface area (TPSA) is 43.0 Å². The molecule has 86 valence electrons. The van der Waals surface area contributed by atoms with E-state index in [1.165, 1.54) is 5.69 Å². The lowest BCUT2D eigenvalue weighted by molar-refractivity contribution is 0.437. The van der Waals surface area contributed by atoms with Crippen molar-refractivity contribution in [2.75, 3.05) is 0 Å². The van der Waals surface area contributed by atoms with E-state index in [1.807, 2.05) is 19.3 Å². The van der Waals surface area contributed by atoms with Crippen LogP contribution in [0.25, 0.3) is 0 Å². The van der Waals surface area contributed by atoms with Gasteiger partial charge in [-0.15, -0.1) is 0 Å². The van der Waals surface area contributed by atoms with Gasteiger partial charge in [0.2, 0.25) is 5.89 Å². The Hall–Kier alpha value is -1.55. The van der Waals surface area contributed by atoms with E-state index in [2.05, 4.69) is 27.9 Å². The Bertz CT molecular complexity index is 445. The summed E-state index contributed by atoms with van der Waals surface area (Å²) in [6, 6.07) is 4.14. The van der Waals surface area contributed by atoms with Gasteiger partial charge in [-0.3, -0.25) is 0 Å². The maximum absolute atomic E-state index is 5.50. The maximum Gasteiger partial charge on any atom is 0.208 e. The first kappa shape index (κ1) is 11.0. The van der Waals surface area contributed by atoms with Crippen LogP contribution < -0.4 is 5.32 Å². The summed E-state index contributed by atoms with van der Waals surface area (Å²) in [5.74, 6) is 1.70. The van der Waals surface area contributed by atoms with Crippen LogP contribution in [0.3, 0.4) is 0 Å². The molecule has 0 aliphatic rings. The van der Waals surface area contributed by atoms with E-state index >= 15 is 0 Å². The third kappa shape index (κ3) is 2.52. The van der Waals surface area contributed by atoms with Crippen molar-refractivity contribution in [3.05, 3.63) is 41.9 Å². The number of aromatic nitrogens is 2. The minimum Gasteiger partial charge on any atom is -0.444 e. The van der Waals surface area contributed by atoms with E-state index in [1.54, 1.807) is 6.20 Å². The first-order chi connectivity index (χ1) is 7.79. The fourth-order valence-corrected chi connectivity index (χ4v) is 1.57. The molecule has 0 unspecified atom stereocenters. The molecule has 0 spiro atoms. The smallest absolute Gasteiger partial charge is 0.208 e. The van der Waals surface area contributed by atoms with E-state index in [9.17, 15) is 0 Å². The number of aryl methyl sites for hydroxylation is 2. The Morgan fingerprint density at radius 1 is 1.44 bits per heavy atom. The standard InChI is InChI=1S/C12H17N3O/c1-3-11-8-14-12(16-11)9-13-7-10-5-4-6-15(10)2/h4-6,8,13H,3,7,9H2,1-2H3. The van der Waals surface area contributed by atoms with Crippen LogP contribution in [0.2, 0.25) is 0 Å². The summed E-state index contributed by atoms with van der Waals surface area (Å²) in [7, 11) is 2.04. The van der Waals surface area contributed by atoms with Crippen molar-refractivity contribution in [3.63, 3.8) is 0 Å². The second kappa shape index (κ2) is 4.99. The van der Waals surface area contributed by atoms with Gasteiger partial charge in [0.15, 0.2) is 0 Å². The first-order valence-electron chi connectivity index (χ1n) is 5.54. The van der Waals surface area contributed by atoms with Gasteiger partial charge in [-0.25, -0.2) is 4.98 Å². The van der Waals surface area contributed by atoms with Gasteiger partial charge in [0.1, 0.15) is 5.76 Å². The summed E-state index contributed by atoms with van der Waals surface area (Å²) in [4.78, 5) is 4.19. The molecule has 16 heavy (non-hydrogen) atoms. The maximum atomic E-state index is 5.50. The lowest BCUT2D eigenvalue weighted by Gasteiger charge is -2.03. The molecule has 1 N–H and O–H groups in total. The zero-order chi connectivity index (χ0) is 11.4. The van der Waals surface area contributed by atoms with Crippen molar-refractivity contribution < 1.29 is 4.42 Å². The zero-order valence-electron chi connectivity index (χ0n) is 9.73. The van der Waals surface area contributed by atoms with Crippen LogP contribution in [0.5, 0.6) is 0 Å². The van der Waals surface area contributed by atoms with Gasteiger partial charge in [-0.05, 0) is 12.1 Å². The van der Waals surface area contributed by atoms with Gasteiger partial charge >= 0.3 is 0 Å². The minimum absolute atomic E-state index is 0.672. The SMILES string of the molecule is CCc1cnc(CNCc2cccn2C)o1. The molecule has 4 nitrogen and oxygen atoms in total. The molecule has 0 aliphatic carbocycles. The number of hydrogen-bond donors (Lipinski definition) is 1. The third-order valence-corrected chi connectivity index (χ3v) is 2.58. The molecule has 0 fully saturated rings. The Kier molecular flexibility index (Phi) is 3.41. The highest BCUT2D eigenvalue weighted by Crippen LogP contribution is 2.04. The molecule has 0 saturated heterocycles. The Labute approximate surface area is 95.3 Å². The lowest BCUT2D eigenvalue weighted by atomic mass is 10.4. The van der Waals surface area contributed by atoms with Crippen LogP contribution in [0.4, 0.5) is 0 Å². The normalized spacial score (nSPS) is 10.9. The van der Waals surface area contributed by atoms with Crippen LogP contribution in [-0.2, 0) is 26.6 Å². The minimum atomic E-state index is 0.672. The molecule has 0 aromatic carbocycles. The molecule has 4 heteroatoms. The van der Waals surface area contributed by atoms with Gasteiger partial charge in [0.05, 0.1) is 12.7 Å². The molecule has 0 atom stereocenters. The number of rotatable bonds is 5. The molecule has 0 bridgehead atoms. The zero-order valence-corrected chi connectivity index (χ0v) is 9.73. The summed E-state index contributed by atoms with van der Waals surface area (Å²) < 4.78 is 7.60. The molecule has 0 amide bonds. The average molecular weight is 219 g/mol. The van der Waals surface area contributed by atoms with Crippen molar-refractivity contribution in [2.24, 2.45) is 7.05 Å². The molecule has 2 aromatic rings. The van der Waals surface area contributed by atoms with Crippen LogP contribution in [0.15, 0.2) is 28.9 Å². The van der Waals surface area contributed by atoms with Gasteiger partial charge in [-0.2, -0.15) is 0 Å². The highest BCUT2D eigenvalue weighted by molar-refractivity contribution is 5.06. The van der Waals surface area contributed by atoms with Crippen molar-refractivity contribution >= 4 is 0 Å². The van der Waals surface area contributed by atoms with Crippen molar-refractivity contribution in [1.29, 1.82) is 0 Å². The number of oxazole rings is 1. The van der Waals surface area contributed by atoms with Crippen LogP contribution >= 0.6 is 0 Å². The van der Waals surface area contributed by atoms with E-state index < -0.39 is 0 Å². The van der Waals surface area contributed by atoms with Crippen molar-refractivity contribution in [3.8, 4) is 0 Å². The van der Waals surface area contributed by atoms with Crippen LogP contribution in [-0.4, -0.2) is 9.55 Å². The Morgan fingerprint density at radius 3 is 2.94 bits per heavy atom. The fraction of sp³-hybridized carbons (Fsp3) is 0.417. The number of nitrogens with one attached hydrogen (secondary N) is 1. The fourth-order valence-electron chi connectivity index (χ4n) is 1.57. The molecular formula is C12H17N3O. The Balaban J connectivity index is 1.82. The van der Waals surface area contributed by atoms with E-state index in [-0.39, 0.29) is 0 Å². The van der Waals surface area contributed by atoms with Crippen LogP contribution in [0.1, 0.15) is 24.3 Å². The van der Waals surface area contributed by atoms with Gasteiger partial charge < -0.3 is 14.3 Å². The van der Waals surface area contributed by atoms with E-state index in [4.69, 9.17) is 4.42 Å². The molecular weight excluding hydrogens is 202 g/mol. The number of nitrogens with zero attached hydrogens (tertiary/aromatic N) is 2. The summed E-state index contributed by atoms with van der Waals surface area (Å²) >= 11 is 0. The first-order valence-corrected chi connectivity index (χ1v) is 5.54. The van der Waals surface area contributed by atoms with Crippen molar-refractivity contribution in [2.45, 2.75) is 26.4 Å². The largest absolute Gasteiger partial charge is 0.444 e. The average Bonchev–Trinajstić information content (AvgIpc) is 2.89. The summed E-state index contributed by atoms with van der Waals surface area (Å²) in [6.07, 6.45) is 4.72. The third-order valence-electron chi connectivity index (χ3n) is 2.58.